The molecule has 0 spiro atoms. The monoisotopic (exact) mass is 670 g/mol. The minimum atomic E-state index is 0.656. The number of rotatable bonds is 3. The predicted molar refractivity (Wildman–Crippen MR) is 224 cm³/mol. The van der Waals surface area contributed by atoms with Crippen LogP contribution in [0.3, 0.4) is 0 Å². The van der Waals surface area contributed by atoms with E-state index in [0.717, 1.165) is 33.1 Å². The molecule has 11 rings (SSSR count). The molecule has 0 aliphatic rings. The van der Waals surface area contributed by atoms with E-state index in [-0.39, 0.29) is 0 Å². The van der Waals surface area contributed by atoms with Crippen LogP contribution in [-0.4, -0.2) is 4.57 Å². The topological polar surface area (TPSA) is 28.7 Å². The second-order valence-corrected chi connectivity index (χ2v) is 14.0. The van der Waals surface area contributed by atoms with Crippen LogP contribution in [0.5, 0.6) is 0 Å². The molecule has 0 saturated heterocycles. The van der Waals surface area contributed by atoms with E-state index >= 15 is 0 Å². The Morgan fingerprint density at radius 2 is 0.830 bits per heavy atom. The lowest BCUT2D eigenvalue weighted by molar-refractivity contribution is 1.19. The van der Waals surface area contributed by atoms with Crippen molar-refractivity contribution < 1.29 is 0 Å². The normalized spacial score (nSPS) is 11.8. The van der Waals surface area contributed by atoms with E-state index in [2.05, 4.69) is 180 Å². The van der Waals surface area contributed by atoms with Crippen molar-refractivity contribution in [2.75, 3.05) is 0 Å². The van der Waals surface area contributed by atoms with Gasteiger partial charge in [-0.05, 0) is 125 Å². The second kappa shape index (κ2) is 11.4. The molecule has 0 amide bonds. The van der Waals surface area contributed by atoms with Gasteiger partial charge < -0.3 is 4.57 Å². The first-order valence-electron chi connectivity index (χ1n) is 18.1. The zero-order valence-electron chi connectivity index (χ0n) is 28.7. The summed E-state index contributed by atoms with van der Waals surface area (Å²) in [5.74, 6) is 0. The maximum absolute atomic E-state index is 9.98. The van der Waals surface area contributed by atoms with E-state index < -0.39 is 0 Å². The number of nitriles is 1. The number of hydrogen-bond donors (Lipinski definition) is 0. The first kappa shape index (κ1) is 29.5. The Bertz CT molecular complexity index is 3250. The molecule has 0 bridgehead atoms. The van der Waals surface area contributed by atoms with Crippen molar-refractivity contribution in [1.82, 2.24) is 4.57 Å². The van der Waals surface area contributed by atoms with Crippen molar-refractivity contribution in [2.24, 2.45) is 0 Å². The van der Waals surface area contributed by atoms with Crippen LogP contribution in [0.15, 0.2) is 182 Å². The lowest BCUT2D eigenvalue weighted by atomic mass is 9.83. The smallest absolute Gasteiger partial charge is 0.0991 e. The van der Waals surface area contributed by atoms with E-state index in [1.54, 1.807) is 0 Å². The van der Waals surface area contributed by atoms with Gasteiger partial charge in [-0.15, -0.1) is 0 Å². The van der Waals surface area contributed by atoms with Gasteiger partial charge in [-0.25, -0.2) is 0 Å². The Labute approximate surface area is 306 Å². The standard InChI is InChI=1S/C51H30N2/c52-31-32-21-25-47-45(27-32)46-30-37(23-26-48(46)53(47)38-24-22-33-11-1-2-12-34(33)29-38)49-41-17-7-9-19-43(41)51(44-20-10-8-18-42(44)49)50-39-15-5-3-13-35(39)28-36-14-4-6-16-40(36)50/h1-30H. The highest BCUT2D eigenvalue weighted by Crippen LogP contribution is 2.48. The van der Waals surface area contributed by atoms with Crippen LogP contribution in [-0.2, 0) is 0 Å². The van der Waals surface area contributed by atoms with Gasteiger partial charge >= 0.3 is 0 Å². The number of fused-ring (bicyclic) bond motifs is 8. The van der Waals surface area contributed by atoms with Crippen LogP contribution in [0.1, 0.15) is 5.56 Å². The average Bonchev–Trinajstić information content (AvgIpc) is 3.54. The molecule has 53 heavy (non-hydrogen) atoms. The SMILES string of the molecule is N#Cc1ccc2c(c1)c1cc(-c3c4ccccc4c(-c4c5ccccc5cc5ccccc45)c4ccccc34)ccc1n2-c1ccc2ccccc2c1. The minimum absolute atomic E-state index is 0.656. The number of aromatic nitrogens is 1. The molecule has 1 heterocycles. The molecule has 11 aromatic rings. The number of hydrogen-bond acceptors (Lipinski definition) is 1. The van der Waals surface area contributed by atoms with Gasteiger partial charge in [-0.3, -0.25) is 0 Å². The highest BCUT2D eigenvalue weighted by Gasteiger charge is 2.21. The molecular formula is C51H30N2. The summed E-state index contributed by atoms with van der Waals surface area (Å²) in [6.45, 7) is 0. The molecule has 2 nitrogen and oxygen atoms in total. The molecule has 0 radical (unpaired) electrons. The molecular weight excluding hydrogens is 641 g/mol. The van der Waals surface area contributed by atoms with Crippen molar-refractivity contribution in [3.63, 3.8) is 0 Å². The van der Waals surface area contributed by atoms with Crippen LogP contribution in [0.4, 0.5) is 0 Å². The fraction of sp³-hybridized carbons (Fsp3) is 0. The summed E-state index contributed by atoms with van der Waals surface area (Å²) >= 11 is 0. The Morgan fingerprint density at radius 1 is 0.340 bits per heavy atom. The molecule has 0 atom stereocenters. The molecule has 0 unspecified atom stereocenters. The molecule has 0 aliphatic heterocycles. The van der Waals surface area contributed by atoms with Gasteiger partial charge in [0.15, 0.2) is 0 Å². The fourth-order valence-electron chi connectivity index (χ4n) is 8.83. The summed E-state index contributed by atoms with van der Waals surface area (Å²) in [7, 11) is 0. The van der Waals surface area contributed by atoms with Crippen molar-refractivity contribution in [2.45, 2.75) is 0 Å². The maximum Gasteiger partial charge on any atom is 0.0991 e. The lowest BCUT2D eigenvalue weighted by Crippen LogP contribution is -1.94. The number of nitrogens with zero attached hydrogens (tertiary/aromatic N) is 2. The van der Waals surface area contributed by atoms with E-state index in [1.165, 1.54) is 70.6 Å². The van der Waals surface area contributed by atoms with E-state index in [1.807, 2.05) is 12.1 Å². The van der Waals surface area contributed by atoms with Crippen LogP contribution < -0.4 is 0 Å². The Hall–Kier alpha value is -7.21. The molecule has 0 aliphatic carbocycles. The lowest BCUT2D eigenvalue weighted by Gasteiger charge is -2.20. The van der Waals surface area contributed by atoms with E-state index in [0.29, 0.717) is 5.56 Å². The van der Waals surface area contributed by atoms with Gasteiger partial charge in [-0.1, -0.05) is 133 Å². The van der Waals surface area contributed by atoms with Gasteiger partial charge in [0, 0.05) is 16.5 Å². The largest absolute Gasteiger partial charge is 0.309 e. The van der Waals surface area contributed by atoms with Gasteiger partial charge in [0.05, 0.1) is 22.7 Å². The van der Waals surface area contributed by atoms with Crippen molar-refractivity contribution >= 4 is 75.7 Å². The van der Waals surface area contributed by atoms with Crippen molar-refractivity contribution in [1.29, 1.82) is 5.26 Å². The average molecular weight is 671 g/mol. The van der Waals surface area contributed by atoms with Crippen LogP contribution in [0.2, 0.25) is 0 Å². The zero-order valence-corrected chi connectivity index (χ0v) is 28.7. The Morgan fingerprint density at radius 3 is 1.45 bits per heavy atom. The fourth-order valence-corrected chi connectivity index (χ4v) is 8.83. The van der Waals surface area contributed by atoms with E-state index in [9.17, 15) is 5.26 Å². The molecule has 2 heteroatoms. The molecule has 0 saturated carbocycles. The molecule has 10 aromatic carbocycles. The summed E-state index contributed by atoms with van der Waals surface area (Å²) in [5, 5.41) is 24.5. The third kappa shape index (κ3) is 4.38. The van der Waals surface area contributed by atoms with Gasteiger partial charge in [0.1, 0.15) is 0 Å². The molecule has 0 N–H and O–H groups in total. The Balaban J connectivity index is 1.24. The third-order valence-corrected chi connectivity index (χ3v) is 11.1. The van der Waals surface area contributed by atoms with Gasteiger partial charge in [-0.2, -0.15) is 5.26 Å². The van der Waals surface area contributed by atoms with Gasteiger partial charge in [0.2, 0.25) is 0 Å². The molecule has 244 valence electrons. The highest BCUT2D eigenvalue weighted by atomic mass is 15.0. The second-order valence-electron chi connectivity index (χ2n) is 14.0. The first-order chi connectivity index (χ1) is 26.2. The zero-order chi connectivity index (χ0) is 35.0. The van der Waals surface area contributed by atoms with E-state index in [4.69, 9.17) is 0 Å². The predicted octanol–water partition coefficient (Wildman–Crippen LogP) is 13.8. The summed E-state index contributed by atoms with van der Waals surface area (Å²) in [4.78, 5) is 0. The molecule has 0 fully saturated rings. The Kier molecular flexibility index (Phi) is 6.35. The summed E-state index contributed by atoms with van der Waals surface area (Å²) < 4.78 is 2.34. The quantitative estimate of drug-likeness (QED) is 0.172. The summed E-state index contributed by atoms with van der Waals surface area (Å²) in [5.41, 5.74) is 8.86. The maximum atomic E-state index is 9.98. The summed E-state index contributed by atoms with van der Waals surface area (Å²) in [6.07, 6.45) is 0. The summed E-state index contributed by atoms with van der Waals surface area (Å²) in [6, 6.07) is 68.2. The molecule has 1 aromatic heterocycles. The van der Waals surface area contributed by atoms with Crippen molar-refractivity contribution in [3.8, 4) is 34.0 Å². The highest BCUT2D eigenvalue weighted by molar-refractivity contribution is 6.27. The third-order valence-electron chi connectivity index (χ3n) is 11.1. The van der Waals surface area contributed by atoms with Crippen LogP contribution in [0, 0.1) is 11.3 Å². The first-order valence-corrected chi connectivity index (χ1v) is 18.1. The van der Waals surface area contributed by atoms with Crippen molar-refractivity contribution in [3.05, 3.63) is 188 Å². The van der Waals surface area contributed by atoms with Crippen LogP contribution >= 0.6 is 0 Å². The minimum Gasteiger partial charge on any atom is -0.309 e. The van der Waals surface area contributed by atoms with Crippen LogP contribution in [0.25, 0.3) is 104 Å². The van der Waals surface area contributed by atoms with Gasteiger partial charge in [0.25, 0.3) is 0 Å². The number of benzene rings is 10.